The summed E-state index contributed by atoms with van der Waals surface area (Å²) in [4.78, 5) is 39.8. The number of hydrogen-bond acceptors (Lipinski definition) is 7. The van der Waals surface area contributed by atoms with Crippen molar-refractivity contribution in [3.8, 4) is 23.0 Å². The van der Waals surface area contributed by atoms with Gasteiger partial charge in [-0.15, -0.1) is 0 Å². The quantitative estimate of drug-likeness (QED) is 0.260. The molecule has 1 aliphatic rings. The third kappa shape index (κ3) is 5.19. The number of para-hydroxylation sites is 1. The number of esters is 1. The largest absolute Gasteiger partial charge is 0.584 e. The lowest BCUT2D eigenvalue weighted by Gasteiger charge is -2.15. The number of fused-ring (bicyclic) bond motifs is 1. The highest BCUT2D eigenvalue weighted by molar-refractivity contribution is 7.48. The van der Waals surface area contributed by atoms with Crippen LogP contribution in [0.5, 0.6) is 23.0 Å². The summed E-state index contributed by atoms with van der Waals surface area (Å²) >= 11 is 0. The van der Waals surface area contributed by atoms with Crippen LogP contribution in [0.15, 0.2) is 72.8 Å². The van der Waals surface area contributed by atoms with Gasteiger partial charge in [-0.25, -0.2) is 9.13 Å². The predicted molar refractivity (Wildman–Crippen MR) is 111 cm³/mol. The molecule has 0 saturated carbocycles. The van der Waals surface area contributed by atoms with E-state index in [4.69, 9.17) is 23.6 Å². The van der Waals surface area contributed by atoms with Crippen molar-refractivity contribution in [1.82, 2.24) is 0 Å². The lowest BCUT2D eigenvalue weighted by Crippen LogP contribution is -2.11. The number of phosphoric ester groups is 2. The number of carbonyl (C=O) groups is 1. The Morgan fingerprint density at radius 3 is 1.78 bits per heavy atom. The van der Waals surface area contributed by atoms with Gasteiger partial charge in [-0.1, -0.05) is 30.3 Å². The van der Waals surface area contributed by atoms with E-state index >= 15 is 0 Å². The van der Waals surface area contributed by atoms with E-state index in [9.17, 15) is 18.8 Å². The Labute approximate surface area is 181 Å². The molecule has 32 heavy (non-hydrogen) atoms. The van der Waals surface area contributed by atoms with Crippen molar-refractivity contribution in [3.05, 3.63) is 83.9 Å². The average Bonchev–Trinajstić information content (AvgIpc) is 3.04. The summed E-state index contributed by atoms with van der Waals surface area (Å²) in [6, 6.07) is 17.7. The van der Waals surface area contributed by atoms with Crippen LogP contribution in [0.2, 0.25) is 0 Å². The highest BCUT2D eigenvalue weighted by Gasteiger charge is 2.34. The Hall–Kier alpha value is -3.13. The molecule has 12 heteroatoms. The highest BCUT2D eigenvalue weighted by atomic mass is 31.2. The topological polar surface area (TPSA) is 149 Å². The molecule has 4 rings (SSSR count). The van der Waals surface area contributed by atoms with Crippen LogP contribution in [-0.4, -0.2) is 20.6 Å². The molecule has 1 heterocycles. The number of carbonyl (C=O) groups excluding carboxylic acids is 1. The number of benzene rings is 3. The molecular formula is C20H16O10P2. The van der Waals surface area contributed by atoms with Crippen LogP contribution in [0, 0.1) is 0 Å². The first-order valence-electron chi connectivity index (χ1n) is 9.07. The van der Waals surface area contributed by atoms with E-state index in [0.29, 0.717) is 11.3 Å². The molecule has 0 aromatic heterocycles. The molecule has 0 saturated heterocycles. The Bertz CT molecular complexity index is 1230. The minimum Gasteiger partial charge on any atom is -0.425 e. The van der Waals surface area contributed by atoms with Crippen molar-refractivity contribution in [3.63, 3.8) is 0 Å². The fraction of sp³-hybridized carbons (Fsp3) is 0.0500. The summed E-state index contributed by atoms with van der Waals surface area (Å²) in [5.41, 5.74) is 1.36. The lowest BCUT2D eigenvalue weighted by atomic mass is 9.93. The molecule has 3 N–H and O–H groups in total. The van der Waals surface area contributed by atoms with Crippen molar-refractivity contribution in [1.29, 1.82) is 0 Å². The molecule has 0 amide bonds. The van der Waals surface area contributed by atoms with Crippen LogP contribution in [0.25, 0.3) is 0 Å². The minimum absolute atomic E-state index is 0.0284. The maximum Gasteiger partial charge on any atom is 0.584 e. The van der Waals surface area contributed by atoms with Crippen molar-refractivity contribution < 1.29 is 46.9 Å². The first kappa shape index (κ1) is 22.1. The van der Waals surface area contributed by atoms with Crippen LogP contribution in [0.4, 0.5) is 0 Å². The summed E-state index contributed by atoms with van der Waals surface area (Å²) < 4.78 is 42.8. The first-order valence-corrected chi connectivity index (χ1v) is 12.1. The zero-order chi connectivity index (χ0) is 22.9. The standard InChI is InChI=1S/C20H16O10P2/c21-20-19(17-3-1-2-4-18(17)27-20)13-5-7-15(8-6-13)29-32(25,26)30-16-11-9-14(10-12-16)28-31(22,23)24/h1-12,19H,(H,25,26)(H2,22,23,24)/t19-/m0/s1. The molecule has 166 valence electrons. The summed E-state index contributed by atoms with van der Waals surface area (Å²) in [7, 11) is -9.31. The van der Waals surface area contributed by atoms with Gasteiger partial charge in [0.25, 0.3) is 0 Å². The maximum atomic E-state index is 12.3. The molecule has 1 aliphatic heterocycles. The predicted octanol–water partition coefficient (Wildman–Crippen LogP) is 3.77. The van der Waals surface area contributed by atoms with E-state index in [1.54, 1.807) is 36.4 Å². The van der Waals surface area contributed by atoms with Gasteiger partial charge in [0.05, 0.1) is 0 Å². The molecule has 0 bridgehead atoms. The third-order valence-corrected chi connectivity index (χ3v) is 5.71. The average molecular weight is 478 g/mol. The van der Waals surface area contributed by atoms with Gasteiger partial charge in [-0.3, -0.25) is 19.5 Å². The normalized spacial score (nSPS) is 17.1. The molecule has 2 atom stereocenters. The third-order valence-electron chi connectivity index (χ3n) is 4.38. The molecule has 3 aromatic carbocycles. The van der Waals surface area contributed by atoms with Gasteiger partial charge < -0.3 is 18.3 Å². The Kier molecular flexibility index (Phi) is 5.81. The van der Waals surface area contributed by atoms with Gasteiger partial charge in [0.1, 0.15) is 28.9 Å². The zero-order valence-corrected chi connectivity index (χ0v) is 17.9. The maximum absolute atomic E-state index is 12.3. The van der Waals surface area contributed by atoms with Gasteiger partial charge in [0.2, 0.25) is 0 Å². The van der Waals surface area contributed by atoms with Crippen LogP contribution >= 0.6 is 15.6 Å². The lowest BCUT2D eigenvalue weighted by molar-refractivity contribution is -0.133. The van der Waals surface area contributed by atoms with Gasteiger partial charge in [-0.2, -0.15) is 0 Å². The Morgan fingerprint density at radius 1 is 0.719 bits per heavy atom. The van der Waals surface area contributed by atoms with Gasteiger partial charge in [0, 0.05) is 5.56 Å². The molecule has 0 aliphatic carbocycles. The summed E-state index contributed by atoms with van der Waals surface area (Å²) in [5, 5.41) is 0. The van der Waals surface area contributed by atoms with Crippen LogP contribution in [0.3, 0.4) is 0 Å². The molecule has 0 fully saturated rings. The fourth-order valence-electron chi connectivity index (χ4n) is 3.13. The first-order chi connectivity index (χ1) is 15.1. The van der Waals surface area contributed by atoms with Crippen molar-refractivity contribution in [2.75, 3.05) is 0 Å². The second-order valence-corrected chi connectivity index (χ2v) is 9.13. The van der Waals surface area contributed by atoms with Crippen molar-refractivity contribution in [2.24, 2.45) is 0 Å². The second-order valence-electron chi connectivity index (χ2n) is 6.67. The van der Waals surface area contributed by atoms with E-state index in [0.717, 1.165) is 17.7 Å². The van der Waals surface area contributed by atoms with E-state index in [1.807, 2.05) is 0 Å². The van der Waals surface area contributed by atoms with E-state index in [1.165, 1.54) is 24.3 Å². The van der Waals surface area contributed by atoms with Crippen LogP contribution in [0.1, 0.15) is 17.0 Å². The summed E-state index contributed by atoms with van der Waals surface area (Å²) in [5.74, 6) is -0.736. The van der Waals surface area contributed by atoms with Crippen molar-refractivity contribution >= 4 is 21.6 Å². The molecule has 0 spiro atoms. The van der Waals surface area contributed by atoms with Gasteiger partial charge >= 0.3 is 21.6 Å². The van der Waals surface area contributed by atoms with Crippen LogP contribution in [-0.2, 0) is 13.9 Å². The van der Waals surface area contributed by atoms with Crippen LogP contribution < -0.4 is 18.3 Å². The van der Waals surface area contributed by atoms with E-state index in [-0.39, 0.29) is 17.2 Å². The number of rotatable bonds is 7. The molecule has 1 unspecified atom stereocenters. The molecule has 10 nitrogen and oxygen atoms in total. The molecule has 0 radical (unpaired) electrons. The Morgan fingerprint density at radius 2 is 1.22 bits per heavy atom. The second kappa shape index (κ2) is 8.43. The van der Waals surface area contributed by atoms with E-state index in [2.05, 4.69) is 4.52 Å². The monoisotopic (exact) mass is 478 g/mol. The minimum atomic E-state index is -4.72. The Balaban J connectivity index is 1.43. The number of phosphoric acid groups is 2. The fourth-order valence-corrected chi connectivity index (χ4v) is 4.34. The molecular weight excluding hydrogens is 462 g/mol. The molecule has 3 aromatic rings. The number of ether oxygens (including phenoxy) is 1. The summed E-state index contributed by atoms with van der Waals surface area (Å²) in [6.45, 7) is 0. The van der Waals surface area contributed by atoms with Gasteiger partial charge in [-0.05, 0) is 48.0 Å². The van der Waals surface area contributed by atoms with Gasteiger partial charge in [0.15, 0.2) is 0 Å². The smallest absolute Gasteiger partial charge is 0.425 e. The van der Waals surface area contributed by atoms with Crippen molar-refractivity contribution in [2.45, 2.75) is 5.92 Å². The summed E-state index contributed by atoms with van der Waals surface area (Å²) in [6.07, 6.45) is 0. The zero-order valence-electron chi connectivity index (χ0n) is 16.1. The van der Waals surface area contributed by atoms with E-state index < -0.39 is 27.5 Å². The number of hydrogen-bond donors (Lipinski definition) is 3. The highest BCUT2D eigenvalue weighted by Crippen LogP contribution is 2.46. The SMILES string of the molecule is O=C1Oc2ccccc2[C@@H]1c1ccc(OP(=O)(O)Oc2ccc(OP(=O)(O)O)cc2)cc1.